The molecule has 0 aromatic carbocycles. The summed E-state index contributed by atoms with van der Waals surface area (Å²) in [6, 6.07) is 5.55. The van der Waals surface area contributed by atoms with Crippen molar-refractivity contribution >= 4 is 46.4 Å². The van der Waals surface area contributed by atoms with E-state index >= 15 is 0 Å². The first-order valence-corrected chi connectivity index (χ1v) is 16.8. The molecule has 2 heterocycles. The van der Waals surface area contributed by atoms with Gasteiger partial charge in [-0.3, -0.25) is 43.3 Å². The molecule has 2 fully saturated rings. The van der Waals surface area contributed by atoms with E-state index in [0.717, 1.165) is 44.5 Å². The lowest BCUT2D eigenvalue weighted by Gasteiger charge is -2.26. The van der Waals surface area contributed by atoms with Gasteiger partial charge >= 0.3 is 0 Å². The first-order chi connectivity index (χ1) is 21.9. The minimum absolute atomic E-state index is 0. The van der Waals surface area contributed by atoms with E-state index in [1.807, 2.05) is 18.2 Å². The molecule has 1 amide bonds. The Balaban J connectivity index is -0.000000581. The van der Waals surface area contributed by atoms with Gasteiger partial charge in [0.2, 0.25) is 23.1 Å². The van der Waals surface area contributed by atoms with Crippen molar-refractivity contribution in [2.24, 2.45) is 29.6 Å². The van der Waals surface area contributed by atoms with E-state index < -0.39 is 0 Å². The number of ketones is 7. The van der Waals surface area contributed by atoms with Gasteiger partial charge in [-0.2, -0.15) is 0 Å². The lowest BCUT2D eigenvalue weighted by Crippen LogP contribution is -2.41. The number of carbonyl (C=O) groups excluding carboxylic acids is 8. The number of carbonyl (C=O) groups is 8. The number of piperidine rings is 1. The molecule has 1 aromatic rings. The third-order valence-electron chi connectivity index (χ3n) is 7.35. The Bertz CT molecular complexity index is 1210. The molecule has 1 saturated heterocycles. The second kappa shape index (κ2) is 26.2. The van der Waals surface area contributed by atoms with E-state index in [-0.39, 0.29) is 91.3 Å². The van der Waals surface area contributed by atoms with Crippen LogP contribution in [0.25, 0.3) is 0 Å². The zero-order chi connectivity index (χ0) is 36.3. The largest absolute Gasteiger partial charge is 0.336 e. The first kappa shape index (κ1) is 49.7. The van der Waals surface area contributed by atoms with Gasteiger partial charge in [-0.15, -0.1) is 0 Å². The average Bonchev–Trinajstić information content (AvgIpc) is 3.87. The molecule has 49 heavy (non-hydrogen) atoms. The zero-order valence-corrected chi connectivity index (χ0v) is 29.9. The average molecular weight is 689 g/mol. The van der Waals surface area contributed by atoms with E-state index in [1.54, 1.807) is 66.5 Å². The van der Waals surface area contributed by atoms with Gasteiger partial charge in [-0.05, 0) is 56.6 Å². The van der Waals surface area contributed by atoms with Crippen LogP contribution >= 0.6 is 0 Å². The second-order valence-electron chi connectivity index (χ2n) is 13.3. The highest BCUT2D eigenvalue weighted by molar-refractivity contribution is 6.38. The zero-order valence-electron chi connectivity index (χ0n) is 29.9. The van der Waals surface area contributed by atoms with Crippen LogP contribution in [-0.2, 0) is 44.8 Å². The quantitative estimate of drug-likeness (QED) is 0.206. The molecule has 0 radical (unpaired) electrons. The molecule has 1 aliphatic heterocycles. The Morgan fingerprint density at radius 1 is 0.673 bits per heavy atom. The van der Waals surface area contributed by atoms with Crippen LogP contribution in [0.4, 0.5) is 0 Å². The Labute approximate surface area is 295 Å². The Morgan fingerprint density at radius 2 is 1.14 bits per heavy atom. The summed E-state index contributed by atoms with van der Waals surface area (Å²) in [7, 11) is 0. The van der Waals surface area contributed by atoms with Gasteiger partial charge < -0.3 is 4.90 Å². The van der Waals surface area contributed by atoms with E-state index in [1.165, 1.54) is 13.3 Å². The number of hydrogen-bond donors (Lipinski definition) is 0. The summed E-state index contributed by atoms with van der Waals surface area (Å²) >= 11 is 0. The Morgan fingerprint density at radius 3 is 1.51 bits per heavy atom. The predicted molar refractivity (Wildman–Crippen MR) is 194 cm³/mol. The number of pyridine rings is 1. The van der Waals surface area contributed by atoms with Gasteiger partial charge in [0.25, 0.3) is 5.91 Å². The van der Waals surface area contributed by atoms with Crippen molar-refractivity contribution < 1.29 is 38.4 Å². The van der Waals surface area contributed by atoms with Crippen LogP contribution in [0.2, 0.25) is 0 Å². The third kappa shape index (κ3) is 21.8. The molecule has 0 unspecified atom stereocenters. The summed E-state index contributed by atoms with van der Waals surface area (Å²) in [5.74, 6) is -2.22. The molecular formula is C39H64N2O8. The maximum Gasteiger partial charge on any atom is 0.290 e. The molecule has 0 atom stereocenters. The van der Waals surface area contributed by atoms with Gasteiger partial charge in [0.05, 0.1) is 0 Å². The molecule has 1 aromatic heterocycles. The Kier molecular flexibility index (Phi) is 26.6. The summed E-state index contributed by atoms with van der Waals surface area (Å²) in [4.78, 5) is 94.2. The van der Waals surface area contributed by atoms with E-state index in [0.29, 0.717) is 18.8 Å². The van der Waals surface area contributed by atoms with Crippen LogP contribution in [0.5, 0.6) is 0 Å². The lowest BCUT2D eigenvalue weighted by atomic mass is 10.0. The molecule has 10 heteroatoms. The molecule has 2 aliphatic rings. The van der Waals surface area contributed by atoms with Crippen molar-refractivity contribution in [2.45, 2.75) is 129 Å². The number of hydrogen-bond acceptors (Lipinski definition) is 9. The third-order valence-corrected chi connectivity index (χ3v) is 7.35. The Hall–Kier alpha value is -3.69. The summed E-state index contributed by atoms with van der Waals surface area (Å²) in [5, 5.41) is 0. The summed E-state index contributed by atoms with van der Waals surface area (Å²) < 4.78 is 0. The van der Waals surface area contributed by atoms with Crippen LogP contribution in [0, 0.1) is 29.6 Å². The van der Waals surface area contributed by atoms with Gasteiger partial charge in [0, 0.05) is 68.4 Å². The monoisotopic (exact) mass is 688 g/mol. The minimum Gasteiger partial charge on any atom is -0.336 e. The van der Waals surface area contributed by atoms with E-state index in [9.17, 15) is 38.4 Å². The molecule has 0 bridgehead atoms. The summed E-state index contributed by atoms with van der Waals surface area (Å²) in [6.07, 6.45) is 8.51. The van der Waals surface area contributed by atoms with Crippen LogP contribution in [0.15, 0.2) is 24.4 Å². The highest BCUT2D eigenvalue weighted by Gasteiger charge is 2.28. The molecule has 10 nitrogen and oxygen atoms in total. The molecule has 1 saturated carbocycles. The number of aromatic nitrogens is 1. The van der Waals surface area contributed by atoms with Crippen molar-refractivity contribution in [1.29, 1.82) is 0 Å². The normalized spacial score (nSPS) is 13.2. The van der Waals surface area contributed by atoms with Crippen molar-refractivity contribution in [1.82, 2.24) is 9.88 Å². The van der Waals surface area contributed by atoms with E-state index in [4.69, 9.17) is 0 Å². The number of likely N-dealkylation sites (tertiary alicyclic amines) is 1. The van der Waals surface area contributed by atoms with Crippen molar-refractivity contribution in [3.63, 3.8) is 0 Å². The molecule has 1 aliphatic carbocycles. The van der Waals surface area contributed by atoms with Crippen molar-refractivity contribution in [2.75, 3.05) is 13.1 Å². The maximum absolute atomic E-state index is 11.5. The smallest absolute Gasteiger partial charge is 0.290 e. The fraction of sp³-hybridized carbons (Fsp3) is 0.667. The van der Waals surface area contributed by atoms with Gasteiger partial charge in [-0.25, -0.2) is 0 Å². The standard InChI is InChI=1S/C12H15NO2.C10H17NO2.C9H14O2.C6H10O2.2CH4/c1-9(2)12(15)11(14)7-6-10-5-3-4-8-13-10;1-8(2)9(12)10(13)11-6-4-3-5-7-11;1-6(2)9(11)8(10)5-7-3-4-7;1-4(2)6(8)5(3)7;;/h3-5,8-9H,6-7H2,1-2H3;8H,3-7H2,1-2H3;6-7H,3-5H2,1-2H3;4H,1-3H3;2*1H4. The number of Topliss-reactive ketones (excluding diaryl/α,β-unsaturated/α-hetero) is 7. The number of nitrogens with zero attached hydrogens (tertiary/aromatic N) is 2. The molecule has 0 spiro atoms. The van der Waals surface area contributed by atoms with Gasteiger partial charge in [0.15, 0.2) is 17.3 Å². The number of amides is 1. The minimum atomic E-state index is -0.347. The highest BCUT2D eigenvalue weighted by Crippen LogP contribution is 2.32. The van der Waals surface area contributed by atoms with Crippen molar-refractivity contribution in [3.8, 4) is 0 Å². The highest BCUT2D eigenvalue weighted by atomic mass is 16.2. The summed E-state index contributed by atoms with van der Waals surface area (Å²) in [5.41, 5.74) is 0.849. The SMILES string of the molecule is C.C.CC(=O)C(=O)C(C)C.CC(C)C(=O)C(=O)CC1CC1.CC(C)C(=O)C(=O)CCc1ccccn1.CC(C)C(=O)C(=O)N1CCCCC1. The lowest BCUT2D eigenvalue weighted by molar-refractivity contribution is -0.146. The number of aryl methyl sites for hydroxylation is 1. The topological polar surface area (TPSA) is 153 Å². The predicted octanol–water partition coefficient (Wildman–Crippen LogP) is 6.69. The van der Waals surface area contributed by atoms with Crippen LogP contribution in [-0.4, -0.2) is 69.4 Å². The van der Waals surface area contributed by atoms with Crippen LogP contribution in [0.3, 0.4) is 0 Å². The molecule has 278 valence electrons. The second-order valence-corrected chi connectivity index (χ2v) is 13.3. The van der Waals surface area contributed by atoms with Gasteiger partial charge in [0.1, 0.15) is 0 Å². The molecule has 3 rings (SSSR count). The first-order valence-electron chi connectivity index (χ1n) is 16.8. The van der Waals surface area contributed by atoms with Crippen LogP contribution < -0.4 is 0 Å². The van der Waals surface area contributed by atoms with E-state index in [2.05, 4.69) is 4.98 Å². The van der Waals surface area contributed by atoms with Crippen molar-refractivity contribution in [3.05, 3.63) is 30.1 Å². The molecule has 0 N–H and O–H groups in total. The number of rotatable bonds is 13. The molecular weight excluding hydrogens is 624 g/mol. The fourth-order valence-corrected chi connectivity index (χ4v) is 4.15. The fourth-order valence-electron chi connectivity index (χ4n) is 4.15. The summed E-state index contributed by atoms with van der Waals surface area (Å²) in [6.45, 7) is 16.8. The maximum atomic E-state index is 11.5. The van der Waals surface area contributed by atoms with Gasteiger partial charge in [-0.1, -0.05) is 76.3 Å². The van der Waals surface area contributed by atoms with Crippen LogP contribution in [0.1, 0.15) is 128 Å².